The molecule has 1 radical (unpaired) electrons. The summed E-state index contributed by atoms with van der Waals surface area (Å²) in [5, 5.41) is 6.56. The van der Waals surface area contributed by atoms with Crippen LogP contribution < -0.4 is 21.1 Å². The maximum Gasteiger partial charge on any atom is 0.198 e. The van der Waals surface area contributed by atoms with Crippen LogP contribution in [-0.4, -0.2) is 7.28 Å². The van der Waals surface area contributed by atoms with Gasteiger partial charge in [0.05, 0.1) is 0 Å². The zero-order valence-electron chi connectivity index (χ0n) is 47.1. The molecular weight excluding hydrogens is 896 g/mol. The first-order valence-corrected chi connectivity index (χ1v) is 28.0. The first-order valence-electron chi connectivity index (χ1n) is 28.0. The number of nitrogens with one attached hydrogen (secondary N) is 1. The molecule has 0 unspecified atom stereocenters. The highest BCUT2D eigenvalue weighted by Gasteiger charge is 2.45. The van der Waals surface area contributed by atoms with Crippen LogP contribution in [0.4, 0.5) is 28.4 Å². The lowest BCUT2D eigenvalue weighted by atomic mass is 9.54. The molecule has 0 saturated carbocycles. The number of para-hydroxylation sites is 1. The monoisotopic (exact) mass is 972 g/mol. The van der Waals surface area contributed by atoms with Gasteiger partial charge in [-0.05, 0) is 193 Å². The third kappa shape index (κ3) is 6.77. The molecular formula is C70H76BN2O. The highest BCUT2D eigenvalue weighted by atomic mass is 16.3. The van der Waals surface area contributed by atoms with Crippen LogP contribution in [0.5, 0.6) is 0 Å². The van der Waals surface area contributed by atoms with Crippen LogP contribution in [-0.2, 0) is 37.9 Å². The lowest BCUT2D eigenvalue weighted by molar-refractivity contribution is 0.332. The minimum atomic E-state index is -0.233. The average Bonchev–Trinajstić information content (AvgIpc) is 3.86. The molecule has 8 aromatic rings. The summed E-state index contributed by atoms with van der Waals surface area (Å²) in [6.07, 6.45) is 6.97. The Labute approximate surface area is 442 Å². The van der Waals surface area contributed by atoms with E-state index >= 15 is 0 Å². The molecule has 13 rings (SSSR count). The first-order chi connectivity index (χ1) is 34.8. The van der Waals surface area contributed by atoms with E-state index in [-0.39, 0.29) is 37.9 Å². The Morgan fingerprint density at radius 2 is 1.01 bits per heavy atom. The van der Waals surface area contributed by atoms with Gasteiger partial charge in [-0.25, -0.2) is 0 Å². The van der Waals surface area contributed by atoms with Gasteiger partial charge in [0, 0.05) is 56.3 Å². The molecule has 2 heterocycles. The van der Waals surface area contributed by atoms with Gasteiger partial charge in [-0.1, -0.05) is 163 Å². The Bertz CT molecular complexity index is 3740. The Morgan fingerprint density at radius 1 is 0.446 bits per heavy atom. The topological polar surface area (TPSA) is 28.4 Å². The summed E-state index contributed by atoms with van der Waals surface area (Å²) < 4.78 is 7.17. The van der Waals surface area contributed by atoms with Gasteiger partial charge in [0.1, 0.15) is 11.2 Å². The molecule has 0 bridgehead atoms. The van der Waals surface area contributed by atoms with E-state index in [0.717, 1.165) is 52.9 Å². The predicted octanol–water partition coefficient (Wildman–Crippen LogP) is 18.1. The molecule has 375 valence electrons. The molecule has 74 heavy (non-hydrogen) atoms. The molecule has 1 aliphatic heterocycles. The normalized spacial score (nSPS) is 20.3. The average molecular weight is 972 g/mol. The van der Waals surface area contributed by atoms with E-state index in [1.54, 1.807) is 0 Å². The number of anilines is 5. The van der Waals surface area contributed by atoms with Crippen LogP contribution in [0.25, 0.3) is 44.2 Å². The van der Waals surface area contributed by atoms with Gasteiger partial charge < -0.3 is 14.6 Å². The number of fused-ring (bicyclic) bond motifs is 12. The minimum absolute atomic E-state index is 0.00474. The molecule has 0 fully saturated rings. The summed E-state index contributed by atoms with van der Waals surface area (Å²) in [5.41, 5.74) is 28.3. The highest BCUT2D eigenvalue weighted by molar-refractivity contribution is 6.74. The molecule has 0 amide bonds. The molecule has 1 N–H and O–H groups in total. The summed E-state index contributed by atoms with van der Waals surface area (Å²) >= 11 is 0. The number of aryl methyl sites for hydroxylation is 1. The molecule has 0 saturated heterocycles. The summed E-state index contributed by atoms with van der Waals surface area (Å²) in [6, 6.07) is 42.7. The Kier molecular flexibility index (Phi) is 9.88. The van der Waals surface area contributed by atoms with Crippen molar-refractivity contribution in [2.45, 2.75) is 180 Å². The van der Waals surface area contributed by atoms with Crippen molar-refractivity contribution in [2.75, 3.05) is 10.2 Å². The zero-order chi connectivity index (χ0) is 52.0. The van der Waals surface area contributed by atoms with Crippen LogP contribution in [0, 0.1) is 6.92 Å². The molecule has 5 aliphatic rings. The molecule has 0 spiro atoms. The van der Waals surface area contributed by atoms with Gasteiger partial charge in [-0.15, -0.1) is 0 Å². The first kappa shape index (κ1) is 47.7. The number of furan rings is 1. The third-order valence-corrected chi connectivity index (χ3v) is 20.0. The van der Waals surface area contributed by atoms with Crippen LogP contribution in [0.2, 0.25) is 0 Å². The van der Waals surface area contributed by atoms with Crippen LogP contribution in [0.15, 0.2) is 114 Å². The van der Waals surface area contributed by atoms with Crippen molar-refractivity contribution in [1.29, 1.82) is 0 Å². The second kappa shape index (κ2) is 15.3. The number of hydrogen-bond donors (Lipinski definition) is 1. The maximum absolute atomic E-state index is 7.17. The Hall–Kier alpha value is -6.00. The van der Waals surface area contributed by atoms with E-state index in [9.17, 15) is 0 Å². The number of hydrogen-bond acceptors (Lipinski definition) is 3. The van der Waals surface area contributed by atoms with Gasteiger partial charge in [0.15, 0.2) is 7.28 Å². The van der Waals surface area contributed by atoms with Crippen molar-refractivity contribution in [3.8, 4) is 22.3 Å². The van der Waals surface area contributed by atoms with Crippen molar-refractivity contribution in [1.82, 2.24) is 0 Å². The van der Waals surface area contributed by atoms with Gasteiger partial charge in [0.2, 0.25) is 0 Å². The fourth-order valence-electron chi connectivity index (χ4n) is 15.0. The van der Waals surface area contributed by atoms with E-state index < -0.39 is 0 Å². The van der Waals surface area contributed by atoms with Crippen molar-refractivity contribution in [2.24, 2.45) is 0 Å². The predicted molar refractivity (Wildman–Crippen MR) is 317 cm³/mol. The van der Waals surface area contributed by atoms with Gasteiger partial charge in [-0.2, -0.15) is 0 Å². The molecule has 4 aliphatic carbocycles. The Balaban J connectivity index is 1.16. The van der Waals surface area contributed by atoms with E-state index in [2.05, 4.69) is 231 Å². The molecule has 3 nitrogen and oxygen atoms in total. The largest absolute Gasteiger partial charge is 0.456 e. The number of nitrogens with zero attached hydrogens (tertiary/aromatic N) is 1. The lowest BCUT2D eigenvalue weighted by Crippen LogP contribution is -2.45. The highest BCUT2D eigenvalue weighted by Crippen LogP contribution is 2.56. The van der Waals surface area contributed by atoms with Crippen molar-refractivity contribution in [3.05, 3.63) is 159 Å². The third-order valence-electron chi connectivity index (χ3n) is 20.0. The summed E-state index contributed by atoms with van der Waals surface area (Å²) in [4.78, 5) is 2.65. The fraction of sp³-hybridized carbons (Fsp3) is 0.400. The standard InChI is InChI=1S/C70H76BN2O/c1-40-34-48-52(69(12,13)33-30-65(48,4)5)38-55(40)73-54-27-25-43-42-20-16-18-22-46(42)70(14,15)61(43)63(54)71-62-56(73)39-58-59(44-21-17-19-23-57(44)74-58)60(62)45-36-50-51(68(10,11)32-31-67(50,8)9)37-53(45)72-41-24-26-47-49(35-41)66(6,7)29-28-64(47,2)3/h16-27,34-39,72H,28-33H2,1-15H3. The van der Waals surface area contributed by atoms with E-state index in [1.165, 1.54) is 119 Å². The SMILES string of the molecule is Cc1cc2c(cc1N1c3ccc4c(c3[B]c3c1cc1oc5ccccc5c1c3-c1cc3c(cc1Nc1ccc5c(c1)C(C)(C)CCC5(C)C)C(C)(C)CCC3(C)C)C(C)(C)c1ccccc1-4)C(C)(C)CCC2(C)C. The summed E-state index contributed by atoms with van der Waals surface area (Å²) in [5.74, 6) is 0. The van der Waals surface area contributed by atoms with Gasteiger partial charge in [-0.3, -0.25) is 0 Å². The fourth-order valence-corrected chi connectivity index (χ4v) is 15.0. The number of benzene rings is 7. The van der Waals surface area contributed by atoms with Gasteiger partial charge in [0.25, 0.3) is 0 Å². The van der Waals surface area contributed by atoms with E-state index in [1.807, 2.05) is 0 Å². The number of rotatable bonds is 4. The van der Waals surface area contributed by atoms with Crippen molar-refractivity contribution in [3.63, 3.8) is 0 Å². The second-order valence-corrected chi connectivity index (χ2v) is 28.0. The molecule has 7 aromatic carbocycles. The van der Waals surface area contributed by atoms with Crippen molar-refractivity contribution >= 4 is 68.6 Å². The molecule has 1 aromatic heterocycles. The minimum Gasteiger partial charge on any atom is -0.456 e. The Morgan fingerprint density at radius 3 is 1.69 bits per heavy atom. The summed E-state index contributed by atoms with van der Waals surface area (Å²) in [6.45, 7) is 36.7. The van der Waals surface area contributed by atoms with Gasteiger partial charge >= 0.3 is 0 Å². The van der Waals surface area contributed by atoms with Crippen LogP contribution in [0.1, 0.15) is 186 Å². The van der Waals surface area contributed by atoms with Crippen molar-refractivity contribution < 1.29 is 4.42 Å². The molecule has 4 heteroatoms. The van der Waals surface area contributed by atoms with Crippen LogP contribution in [0.3, 0.4) is 0 Å². The summed E-state index contributed by atoms with van der Waals surface area (Å²) in [7, 11) is 2.60. The second-order valence-electron chi connectivity index (χ2n) is 28.0. The molecule has 0 atom stereocenters. The van der Waals surface area contributed by atoms with Crippen LogP contribution >= 0.6 is 0 Å². The zero-order valence-corrected chi connectivity index (χ0v) is 47.1. The maximum atomic E-state index is 7.17. The quantitative estimate of drug-likeness (QED) is 0.178. The van der Waals surface area contributed by atoms with E-state index in [4.69, 9.17) is 4.42 Å². The van der Waals surface area contributed by atoms with E-state index in [0.29, 0.717) is 0 Å². The lowest BCUT2D eigenvalue weighted by Gasteiger charge is -2.44. The smallest absolute Gasteiger partial charge is 0.198 e.